The number of hydrogen-bond donors (Lipinski definition) is 2. The second kappa shape index (κ2) is 11.1. The molecule has 1 fully saturated rings. The van der Waals surface area contributed by atoms with Crippen molar-refractivity contribution in [2.75, 3.05) is 18.5 Å². The van der Waals surface area contributed by atoms with Crippen molar-refractivity contribution in [1.29, 1.82) is 0 Å². The van der Waals surface area contributed by atoms with E-state index in [9.17, 15) is 18.0 Å². The Hall–Kier alpha value is -2.88. The van der Waals surface area contributed by atoms with Gasteiger partial charge in [0.25, 0.3) is 0 Å². The molecule has 1 aliphatic rings. The number of alkyl halides is 3. The van der Waals surface area contributed by atoms with E-state index in [-0.39, 0.29) is 37.0 Å². The van der Waals surface area contributed by atoms with Gasteiger partial charge in [-0.1, -0.05) is 43.2 Å². The fraction of sp³-hybridized carbons (Fsp3) is 0.500. The monoisotopic (exact) mass is 452 g/mol. The van der Waals surface area contributed by atoms with Crippen LogP contribution >= 0.6 is 0 Å². The van der Waals surface area contributed by atoms with Crippen LogP contribution in [0.3, 0.4) is 0 Å². The molecule has 2 aromatic rings. The molecule has 0 amide bonds. The van der Waals surface area contributed by atoms with E-state index in [1.165, 1.54) is 0 Å². The van der Waals surface area contributed by atoms with Crippen LogP contribution in [0.25, 0.3) is 0 Å². The van der Waals surface area contributed by atoms with Crippen LogP contribution in [0.2, 0.25) is 0 Å². The van der Waals surface area contributed by atoms with Crippen LogP contribution in [-0.4, -0.2) is 41.4 Å². The Morgan fingerprint density at radius 1 is 1.12 bits per heavy atom. The lowest BCUT2D eigenvalue weighted by atomic mass is 9.90. The molecule has 0 radical (unpaired) electrons. The van der Waals surface area contributed by atoms with Gasteiger partial charge < -0.3 is 20.1 Å². The minimum absolute atomic E-state index is 0.0132. The molecule has 1 saturated carbocycles. The highest BCUT2D eigenvalue weighted by Gasteiger charge is 2.37. The summed E-state index contributed by atoms with van der Waals surface area (Å²) in [6.07, 6.45) is -1.24. The molecule has 32 heavy (non-hydrogen) atoms. The van der Waals surface area contributed by atoms with E-state index in [0.29, 0.717) is 6.61 Å². The van der Waals surface area contributed by atoms with Crippen molar-refractivity contribution in [3.05, 3.63) is 47.5 Å². The number of nitrogens with one attached hydrogen (secondary N) is 2. The quantitative estimate of drug-likeness (QED) is 0.557. The van der Waals surface area contributed by atoms with Gasteiger partial charge in [-0.2, -0.15) is 13.2 Å². The maximum Gasteiger partial charge on any atom is 0.421 e. The Balaban J connectivity index is 1.70. The van der Waals surface area contributed by atoms with E-state index in [1.807, 2.05) is 6.07 Å². The third-order valence-electron chi connectivity index (χ3n) is 5.20. The number of carbonyl (C=O) groups is 1. The Morgan fingerprint density at radius 2 is 1.84 bits per heavy atom. The van der Waals surface area contributed by atoms with Crippen LogP contribution in [0, 0.1) is 0 Å². The molecular formula is C22H27F3N4O3. The number of benzene rings is 1. The standard InChI is InChI=1S/C22H27F3N4O3/c1-2-31-20(30)13-26-17-10-6-7-11-18(17)27-19-12-16(22(23,24)25)21(29-28-19)32-14-15-8-4-3-5-9-15/h3-5,8-9,12,17-18,26H,2,6-7,10-11,13-14H2,1H3,(H,27,28)/t17-,18-/m1/s1. The van der Waals surface area contributed by atoms with Gasteiger partial charge in [0.1, 0.15) is 18.0 Å². The molecule has 2 N–H and O–H groups in total. The van der Waals surface area contributed by atoms with Crippen molar-refractivity contribution in [3.63, 3.8) is 0 Å². The fourth-order valence-electron chi connectivity index (χ4n) is 3.65. The zero-order valence-corrected chi connectivity index (χ0v) is 17.8. The van der Waals surface area contributed by atoms with Crippen LogP contribution in [0.1, 0.15) is 43.7 Å². The summed E-state index contributed by atoms with van der Waals surface area (Å²) in [7, 11) is 0. The lowest BCUT2D eigenvalue weighted by Gasteiger charge is -2.33. The summed E-state index contributed by atoms with van der Waals surface area (Å²) in [5, 5.41) is 13.8. The Kier molecular flexibility index (Phi) is 8.26. The number of rotatable bonds is 9. The molecular weight excluding hydrogens is 425 g/mol. The molecule has 0 unspecified atom stereocenters. The lowest BCUT2D eigenvalue weighted by Crippen LogP contribution is -2.48. The summed E-state index contributed by atoms with van der Waals surface area (Å²) in [6.45, 7) is 2.02. The van der Waals surface area contributed by atoms with Gasteiger partial charge in [0.2, 0.25) is 5.88 Å². The molecule has 1 heterocycles. The van der Waals surface area contributed by atoms with E-state index in [4.69, 9.17) is 9.47 Å². The summed E-state index contributed by atoms with van der Waals surface area (Å²) in [4.78, 5) is 11.6. The number of anilines is 1. The van der Waals surface area contributed by atoms with Crippen LogP contribution in [0.5, 0.6) is 5.88 Å². The smallest absolute Gasteiger partial charge is 0.421 e. The number of nitrogens with zero attached hydrogens (tertiary/aromatic N) is 2. The number of carbonyl (C=O) groups excluding carboxylic acids is 1. The number of aromatic nitrogens is 2. The third-order valence-corrected chi connectivity index (χ3v) is 5.20. The van der Waals surface area contributed by atoms with Gasteiger partial charge >= 0.3 is 12.1 Å². The maximum atomic E-state index is 13.7. The van der Waals surface area contributed by atoms with E-state index in [1.54, 1.807) is 31.2 Å². The normalized spacial score (nSPS) is 18.8. The van der Waals surface area contributed by atoms with Gasteiger partial charge in [0.05, 0.1) is 13.2 Å². The second-order valence-electron chi connectivity index (χ2n) is 7.55. The highest BCUT2D eigenvalue weighted by atomic mass is 19.4. The van der Waals surface area contributed by atoms with Gasteiger partial charge in [-0.15, -0.1) is 10.2 Å². The summed E-state index contributed by atoms with van der Waals surface area (Å²) >= 11 is 0. The average molecular weight is 452 g/mol. The van der Waals surface area contributed by atoms with E-state index >= 15 is 0 Å². The fourth-order valence-corrected chi connectivity index (χ4v) is 3.65. The molecule has 0 spiro atoms. The molecule has 0 saturated heterocycles. The molecule has 0 bridgehead atoms. The molecule has 7 nitrogen and oxygen atoms in total. The second-order valence-corrected chi connectivity index (χ2v) is 7.55. The minimum Gasteiger partial charge on any atom is -0.471 e. The van der Waals surface area contributed by atoms with Crippen LogP contribution in [0.4, 0.5) is 19.0 Å². The van der Waals surface area contributed by atoms with Crippen LogP contribution in [-0.2, 0) is 22.3 Å². The summed E-state index contributed by atoms with van der Waals surface area (Å²) in [6, 6.07) is 9.50. The topological polar surface area (TPSA) is 85.4 Å². The molecule has 10 heteroatoms. The van der Waals surface area contributed by atoms with Crippen LogP contribution in [0.15, 0.2) is 36.4 Å². The molecule has 174 valence electrons. The van der Waals surface area contributed by atoms with Crippen molar-refractivity contribution < 1.29 is 27.4 Å². The van der Waals surface area contributed by atoms with Crippen molar-refractivity contribution in [1.82, 2.24) is 15.5 Å². The van der Waals surface area contributed by atoms with Gasteiger partial charge in [-0.25, -0.2) is 0 Å². The summed E-state index contributed by atoms with van der Waals surface area (Å²) in [5.74, 6) is -0.914. The number of hydrogen-bond acceptors (Lipinski definition) is 7. The molecule has 1 aromatic carbocycles. The predicted molar refractivity (Wildman–Crippen MR) is 112 cm³/mol. The predicted octanol–water partition coefficient (Wildman–Crippen LogP) is 3.95. The van der Waals surface area contributed by atoms with Crippen molar-refractivity contribution in [3.8, 4) is 5.88 Å². The highest BCUT2D eigenvalue weighted by molar-refractivity contribution is 5.71. The number of esters is 1. The van der Waals surface area contributed by atoms with E-state index in [2.05, 4.69) is 20.8 Å². The summed E-state index contributed by atoms with van der Waals surface area (Å²) in [5.41, 5.74) is -0.264. The SMILES string of the molecule is CCOC(=O)CN[C@@H]1CCCC[C@H]1Nc1cc(C(F)(F)F)c(OCc2ccccc2)nn1. The zero-order chi connectivity index (χ0) is 23.0. The van der Waals surface area contributed by atoms with Crippen molar-refractivity contribution in [2.45, 2.75) is 57.5 Å². The first-order valence-corrected chi connectivity index (χ1v) is 10.6. The number of halogens is 3. The van der Waals surface area contributed by atoms with Gasteiger partial charge in [0.15, 0.2) is 0 Å². The largest absolute Gasteiger partial charge is 0.471 e. The van der Waals surface area contributed by atoms with Crippen molar-refractivity contribution in [2.24, 2.45) is 0 Å². The first-order chi connectivity index (χ1) is 15.4. The molecule has 0 aliphatic heterocycles. The number of ether oxygens (including phenoxy) is 2. The lowest BCUT2D eigenvalue weighted by molar-refractivity contribution is -0.142. The first kappa shape index (κ1) is 23.8. The minimum atomic E-state index is -4.65. The zero-order valence-electron chi connectivity index (χ0n) is 17.8. The molecule has 1 aromatic heterocycles. The van der Waals surface area contributed by atoms with Gasteiger partial charge in [0, 0.05) is 18.2 Å². The average Bonchev–Trinajstić information content (AvgIpc) is 2.78. The van der Waals surface area contributed by atoms with Gasteiger partial charge in [-0.05, 0) is 25.3 Å². The molecule has 1 aliphatic carbocycles. The first-order valence-electron chi connectivity index (χ1n) is 10.6. The Bertz CT molecular complexity index is 880. The summed E-state index contributed by atoms with van der Waals surface area (Å²) < 4.78 is 51.2. The Morgan fingerprint density at radius 3 is 2.53 bits per heavy atom. The van der Waals surface area contributed by atoms with Crippen LogP contribution < -0.4 is 15.4 Å². The van der Waals surface area contributed by atoms with E-state index < -0.39 is 17.6 Å². The van der Waals surface area contributed by atoms with Crippen molar-refractivity contribution >= 4 is 11.8 Å². The van der Waals surface area contributed by atoms with E-state index in [0.717, 1.165) is 37.3 Å². The molecule has 3 rings (SSSR count). The maximum absolute atomic E-state index is 13.7. The highest BCUT2D eigenvalue weighted by Crippen LogP contribution is 2.36. The third kappa shape index (κ3) is 6.81. The molecule has 2 atom stereocenters. The van der Waals surface area contributed by atoms with Gasteiger partial charge in [-0.3, -0.25) is 4.79 Å². The Labute approximate surface area is 184 Å².